The number of nitriles is 1. The highest BCUT2D eigenvalue weighted by molar-refractivity contribution is 5.94. The minimum absolute atomic E-state index is 0.0424. The number of hydrogen-bond donors (Lipinski definition) is 4. The van der Waals surface area contributed by atoms with Crippen molar-refractivity contribution in [1.82, 2.24) is 15.3 Å². The van der Waals surface area contributed by atoms with Crippen molar-refractivity contribution in [3.63, 3.8) is 0 Å². The summed E-state index contributed by atoms with van der Waals surface area (Å²) in [6.45, 7) is 2.06. The van der Waals surface area contributed by atoms with Gasteiger partial charge in [-0.15, -0.1) is 0 Å². The smallest absolute Gasteiger partial charge is 0.252 e. The summed E-state index contributed by atoms with van der Waals surface area (Å²) >= 11 is 0. The fraction of sp³-hybridized carbons (Fsp3) is 0.211. The van der Waals surface area contributed by atoms with Crippen LogP contribution >= 0.6 is 0 Å². The van der Waals surface area contributed by atoms with Crippen LogP contribution in [0.25, 0.3) is 11.3 Å². The predicted molar refractivity (Wildman–Crippen MR) is 106 cm³/mol. The third kappa shape index (κ3) is 5.62. The molecule has 144 valence electrons. The molecule has 0 aliphatic carbocycles. The lowest BCUT2D eigenvalue weighted by atomic mass is 10.1. The van der Waals surface area contributed by atoms with E-state index in [4.69, 9.17) is 16.1 Å². The van der Waals surface area contributed by atoms with E-state index < -0.39 is 0 Å². The van der Waals surface area contributed by atoms with E-state index in [1.165, 1.54) is 12.4 Å². The lowest BCUT2D eigenvalue weighted by molar-refractivity contribution is 0.0958. The molecule has 0 spiro atoms. The number of aliphatic hydroxyl groups is 1. The number of amides is 1. The quantitative estimate of drug-likeness (QED) is 0.394. The molecule has 0 aliphatic rings. The summed E-state index contributed by atoms with van der Waals surface area (Å²) in [6, 6.07) is 8.77. The van der Waals surface area contributed by atoms with Crippen LogP contribution in [-0.2, 0) is 0 Å². The molecular weight excluding hydrogens is 358 g/mol. The first-order valence-corrected chi connectivity index (χ1v) is 8.48. The highest BCUT2D eigenvalue weighted by Gasteiger charge is 2.10. The number of nitrogens with zero attached hydrogens (tertiary/aromatic N) is 4. The molecule has 1 heterocycles. The lowest BCUT2D eigenvalue weighted by Crippen LogP contribution is -2.23. The van der Waals surface area contributed by atoms with Crippen LogP contribution in [0.5, 0.6) is 0 Å². The first kappa shape index (κ1) is 20.5. The lowest BCUT2D eigenvalue weighted by Gasteiger charge is -2.10. The molecule has 1 amide bonds. The third-order valence-electron chi connectivity index (χ3n) is 3.62. The van der Waals surface area contributed by atoms with Gasteiger partial charge in [0.05, 0.1) is 30.6 Å². The van der Waals surface area contributed by atoms with Crippen LogP contribution in [0.2, 0.25) is 0 Å². The molecule has 0 atom stereocenters. The van der Waals surface area contributed by atoms with E-state index in [9.17, 15) is 4.79 Å². The number of benzene rings is 1. The van der Waals surface area contributed by atoms with Gasteiger partial charge in [0.2, 0.25) is 5.95 Å². The second-order valence-corrected chi connectivity index (χ2v) is 5.65. The van der Waals surface area contributed by atoms with E-state index >= 15 is 0 Å². The van der Waals surface area contributed by atoms with Crippen LogP contribution in [-0.4, -0.2) is 46.9 Å². The van der Waals surface area contributed by atoms with E-state index in [2.05, 4.69) is 25.6 Å². The summed E-state index contributed by atoms with van der Waals surface area (Å²) in [4.78, 5) is 24.6. The van der Waals surface area contributed by atoms with E-state index in [1.54, 1.807) is 30.5 Å². The minimum Gasteiger partial charge on any atom is -0.403 e. The first-order valence-electron chi connectivity index (χ1n) is 8.48. The third-order valence-corrected chi connectivity index (χ3v) is 3.62. The molecule has 1 aromatic carbocycles. The van der Waals surface area contributed by atoms with Gasteiger partial charge in [-0.2, -0.15) is 5.26 Å². The number of nitrogens with two attached hydrogens (primary N) is 1. The molecule has 9 nitrogen and oxygen atoms in total. The van der Waals surface area contributed by atoms with Gasteiger partial charge in [-0.1, -0.05) is 12.1 Å². The van der Waals surface area contributed by atoms with Crippen LogP contribution in [0.15, 0.2) is 47.4 Å². The highest BCUT2D eigenvalue weighted by Crippen LogP contribution is 2.22. The molecule has 0 radical (unpaired) electrons. The van der Waals surface area contributed by atoms with Crippen LogP contribution in [0.3, 0.4) is 0 Å². The number of nitrogens with one attached hydrogen (secondary N) is 2. The molecule has 0 bridgehead atoms. The van der Waals surface area contributed by atoms with Crippen molar-refractivity contribution in [1.29, 1.82) is 5.26 Å². The van der Waals surface area contributed by atoms with Gasteiger partial charge in [0, 0.05) is 29.7 Å². The molecule has 28 heavy (non-hydrogen) atoms. The average Bonchev–Trinajstić information content (AvgIpc) is 2.72. The van der Waals surface area contributed by atoms with Gasteiger partial charge in [-0.05, 0) is 24.6 Å². The van der Waals surface area contributed by atoms with Crippen LogP contribution in [0.4, 0.5) is 5.95 Å². The van der Waals surface area contributed by atoms with E-state index in [0.717, 1.165) is 11.1 Å². The molecule has 0 fully saturated rings. The minimum atomic E-state index is -0.310. The van der Waals surface area contributed by atoms with E-state index in [1.807, 2.05) is 13.0 Å². The standard InChI is InChI=1S/C19H21N7O2/c1-13-11-24-19(25-16(10-21)12-22-8-9-27)26-17(13)14-2-4-15(5-3-14)18(28)23-7-6-20/h2-5,10-12,27H,7-9,21H2,1H3,(H,23,28)(H,24,25,26). The summed E-state index contributed by atoms with van der Waals surface area (Å²) in [5.74, 6) is 0.0262. The Labute approximate surface area is 162 Å². The van der Waals surface area contributed by atoms with Crippen molar-refractivity contribution >= 4 is 18.1 Å². The molecule has 2 rings (SSSR count). The monoisotopic (exact) mass is 379 g/mol. The zero-order chi connectivity index (χ0) is 20.4. The number of aliphatic hydroxyl groups excluding tert-OH is 1. The first-order chi connectivity index (χ1) is 13.6. The molecule has 0 unspecified atom stereocenters. The Balaban J connectivity index is 2.21. The maximum absolute atomic E-state index is 11.9. The topological polar surface area (TPSA) is 149 Å². The fourth-order valence-corrected chi connectivity index (χ4v) is 2.26. The maximum atomic E-state index is 11.9. The van der Waals surface area contributed by atoms with Gasteiger partial charge in [0.15, 0.2) is 0 Å². The average molecular weight is 379 g/mol. The summed E-state index contributed by atoms with van der Waals surface area (Å²) < 4.78 is 0. The molecule has 0 aliphatic heterocycles. The predicted octanol–water partition coefficient (Wildman–Crippen LogP) is 0.980. The summed E-state index contributed by atoms with van der Waals surface area (Å²) in [5, 5.41) is 22.8. The summed E-state index contributed by atoms with van der Waals surface area (Å²) in [7, 11) is 0. The van der Waals surface area contributed by atoms with Crippen molar-refractivity contribution in [2.75, 3.05) is 25.0 Å². The van der Waals surface area contributed by atoms with Gasteiger partial charge in [-0.25, -0.2) is 9.97 Å². The van der Waals surface area contributed by atoms with Gasteiger partial charge in [0.1, 0.15) is 6.54 Å². The number of aryl methyl sites for hydroxylation is 1. The van der Waals surface area contributed by atoms with Gasteiger partial charge in [-0.3, -0.25) is 9.79 Å². The normalized spacial score (nSPS) is 11.2. The molecular formula is C19H21N7O2. The van der Waals surface area contributed by atoms with Crippen molar-refractivity contribution in [3.8, 4) is 17.3 Å². The largest absolute Gasteiger partial charge is 0.403 e. The van der Waals surface area contributed by atoms with Gasteiger partial charge >= 0.3 is 0 Å². The number of carbonyl (C=O) groups excluding carboxylic acids is 1. The number of anilines is 1. The number of aliphatic imine (C=N–C) groups is 1. The van der Waals surface area contributed by atoms with Gasteiger partial charge < -0.3 is 21.5 Å². The van der Waals surface area contributed by atoms with E-state index in [0.29, 0.717) is 22.9 Å². The molecule has 0 saturated carbocycles. The Kier molecular flexibility index (Phi) is 7.63. The number of allylic oxidation sites excluding steroid dienone is 1. The molecule has 5 N–H and O–H groups in total. The van der Waals surface area contributed by atoms with Crippen LogP contribution in [0, 0.1) is 18.3 Å². The van der Waals surface area contributed by atoms with Crippen molar-refractivity contribution in [2.45, 2.75) is 6.92 Å². The summed E-state index contributed by atoms with van der Waals surface area (Å²) in [6.07, 6.45) is 4.50. The number of hydrogen-bond acceptors (Lipinski definition) is 8. The number of rotatable bonds is 8. The Bertz CT molecular complexity index is 915. The maximum Gasteiger partial charge on any atom is 0.252 e. The number of carbonyl (C=O) groups is 1. The SMILES string of the molecule is Cc1cnc(NC(C=NCCO)=CN)nc1-c1ccc(C(=O)NCC#N)cc1. The Morgan fingerprint density at radius 2 is 2.14 bits per heavy atom. The second kappa shape index (κ2) is 10.4. The molecule has 2 aromatic rings. The van der Waals surface area contributed by atoms with Crippen LogP contribution < -0.4 is 16.4 Å². The second-order valence-electron chi connectivity index (χ2n) is 5.65. The van der Waals surface area contributed by atoms with E-state index in [-0.39, 0.29) is 25.6 Å². The van der Waals surface area contributed by atoms with Gasteiger partial charge in [0.25, 0.3) is 5.91 Å². The van der Waals surface area contributed by atoms with Crippen molar-refractivity contribution in [3.05, 3.63) is 53.5 Å². The molecule has 1 aromatic heterocycles. The molecule has 9 heteroatoms. The zero-order valence-electron chi connectivity index (χ0n) is 15.4. The highest BCUT2D eigenvalue weighted by atomic mass is 16.3. The Hall–Kier alpha value is -3.77. The van der Waals surface area contributed by atoms with Crippen LogP contribution in [0.1, 0.15) is 15.9 Å². The zero-order valence-corrected chi connectivity index (χ0v) is 15.4. The Morgan fingerprint density at radius 3 is 2.79 bits per heavy atom. The fourth-order valence-electron chi connectivity index (χ4n) is 2.26. The van der Waals surface area contributed by atoms with Crippen molar-refractivity contribution in [2.24, 2.45) is 10.7 Å². The molecule has 0 saturated heterocycles. The number of aromatic nitrogens is 2. The Morgan fingerprint density at radius 1 is 1.39 bits per heavy atom. The summed E-state index contributed by atoms with van der Waals surface area (Å²) in [5.41, 5.74) is 8.89. The van der Waals surface area contributed by atoms with Crippen molar-refractivity contribution < 1.29 is 9.90 Å².